The minimum Gasteiger partial charge on any atom is -0.351 e. The molecule has 1 atom stereocenters. The Labute approximate surface area is 113 Å². The standard InChI is InChI=1S/C14H21N5/c1-14(2,3)8-10(15)9-16-13-17-11-6-4-5-7-12(11)18-19-13/h4-7,10H,8-9,15H2,1-3H3,(H,16,17,19). The SMILES string of the molecule is CC(C)(C)CC(N)CNc1nnc2ccccc2n1. The molecule has 0 aliphatic carbocycles. The molecule has 2 aromatic rings. The highest BCUT2D eigenvalue weighted by Crippen LogP contribution is 2.19. The van der Waals surface area contributed by atoms with Gasteiger partial charge in [-0.25, -0.2) is 4.98 Å². The number of nitrogens with one attached hydrogen (secondary N) is 1. The van der Waals surface area contributed by atoms with Gasteiger partial charge in [0, 0.05) is 12.6 Å². The fourth-order valence-electron chi connectivity index (χ4n) is 2.04. The fourth-order valence-corrected chi connectivity index (χ4v) is 2.04. The molecule has 102 valence electrons. The molecule has 0 bridgehead atoms. The van der Waals surface area contributed by atoms with Crippen molar-refractivity contribution in [1.29, 1.82) is 0 Å². The van der Waals surface area contributed by atoms with E-state index in [1.807, 2.05) is 24.3 Å². The van der Waals surface area contributed by atoms with E-state index in [-0.39, 0.29) is 11.5 Å². The van der Waals surface area contributed by atoms with Crippen molar-refractivity contribution in [1.82, 2.24) is 15.2 Å². The van der Waals surface area contributed by atoms with Crippen LogP contribution in [0.3, 0.4) is 0 Å². The van der Waals surface area contributed by atoms with Crippen LogP contribution in [-0.2, 0) is 0 Å². The number of fused-ring (bicyclic) bond motifs is 1. The Morgan fingerprint density at radius 1 is 1.16 bits per heavy atom. The molecule has 0 saturated heterocycles. The number of aromatic nitrogens is 3. The molecule has 0 fully saturated rings. The van der Waals surface area contributed by atoms with Gasteiger partial charge in [0.25, 0.3) is 0 Å². The van der Waals surface area contributed by atoms with Crippen LogP contribution in [0.1, 0.15) is 27.2 Å². The van der Waals surface area contributed by atoms with Crippen LogP contribution in [-0.4, -0.2) is 27.8 Å². The van der Waals surface area contributed by atoms with Gasteiger partial charge in [0.05, 0.1) is 5.52 Å². The van der Waals surface area contributed by atoms with Crippen LogP contribution in [0.2, 0.25) is 0 Å². The quantitative estimate of drug-likeness (QED) is 0.880. The molecule has 1 aromatic carbocycles. The second-order valence-electron chi connectivity index (χ2n) is 6.03. The molecule has 19 heavy (non-hydrogen) atoms. The molecule has 0 amide bonds. The first-order chi connectivity index (χ1) is 8.94. The largest absolute Gasteiger partial charge is 0.351 e. The van der Waals surface area contributed by atoms with E-state index >= 15 is 0 Å². The fraction of sp³-hybridized carbons (Fsp3) is 0.500. The number of nitrogens with two attached hydrogens (primary N) is 1. The van der Waals surface area contributed by atoms with Crippen molar-refractivity contribution < 1.29 is 0 Å². The maximum Gasteiger partial charge on any atom is 0.243 e. The smallest absolute Gasteiger partial charge is 0.243 e. The number of nitrogens with zero attached hydrogens (tertiary/aromatic N) is 3. The second-order valence-corrected chi connectivity index (χ2v) is 6.03. The molecule has 3 N–H and O–H groups in total. The lowest BCUT2D eigenvalue weighted by Crippen LogP contribution is -2.33. The second kappa shape index (κ2) is 5.48. The first kappa shape index (κ1) is 13.7. The number of anilines is 1. The van der Waals surface area contributed by atoms with Crippen molar-refractivity contribution in [2.24, 2.45) is 11.1 Å². The van der Waals surface area contributed by atoms with E-state index in [1.54, 1.807) is 0 Å². The van der Waals surface area contributed by atoms with Crippen LogP contribution < -0.4 is 11.1 Å². The molecule has 0 aliphatic rings. The van der Waals surface area contributed by atoms with E-state index in [4.69, 9.17) is 5.73 Å². The minimum atomic E-state index is 0.0788. The molecule has 1 heterocycles. The highest BCUT2D eigenvalue weighted by Gasteiger charge is 2.15. The zero-order valence-corrected chi connectivity index (χ0v) is 11.7. The lowest BCUT2D eigenvalue weighted by molar-refractivity contribution is 0.344. The molecule has 0 saturated carbocycles. The molecule has 0 aliphatic heterocycles. The van der Waals surface area contributed by atoms with Gasteiger partial charge in [0.15, 0.2) is 0 Å². The summed E-state index contributed by atoms with van der Waals surface area (Å²) >= 11 is 0. The Bertz CT molecular complexity index is 547. The summed E-state index contributed by atoms with van der Waals surface area (Å²) in [6.07, 6.45) is 0.945. The van der Waals surface area contributed by atoms with Crippen molar-refractivity contribution in [3.05, 3.63) is 24.3 Å². The van der Waals surface area contributed by atoms with Crippen molar-refractivity contribution in [3.63, 3.8) is 0 Å². The summed E-state index contributed by atoms with van der Waals surface area (Å²) in [5, 5.41) is 11.3. The van der Waals surface area contributed by atoms with Gasteiger partial charge < -0.3 is 11.1 Å². The van der Waals surface area contributed by atoms with Gasteiger partial charge in [0.2, 0.25) is 5.95 Å². The average molecular weight is 259 g/mol. The zero-order chi connectivity index (χ0) is 13.9. The molecular weight excluding hydrogens is 238 g/mol. The van der Waals surface area contributed by atoms with E-state index in [0.29, 0.717) is 12.5 Å². The summed E-state index contributed by atoms with van der Waals surface area (Å²) < 4.78 is 0. The molecule has 2 rings (SSSR count). The van der Waals surface area contributed by atoms with E-state index in [1.165, 1.54) is 0 Å². The molecule has 5 nitrogen and oxygen atoms in total. The maximum absolute atomic E-state index is 6.08. The molecule has 0 radical (unpaired) electrons. The van der Waals surface area contributed by atoms with Crippen LogP contribution in [0, 0.1) is 5.41 Å². The Hall–Kier alpha value is -1.75. The third-order valence-electron chi connectivity index (χ3n) is 2.76. The zero-order valence-electron chi connectivity index (χ0n) is 11.7. The van der Waals surface area contributed by atoms with Crippen LogP contribution in [0.15, 0.2) is 24.3 Å². The lowest BCUT2D eigenvalue weighted by Gasteiger charge is -2.23. The van der Waals surface area contributed by atoms with Crippen LogP contribution in [0.5, 0.6) is 0 Å². The number of rotatable bonds is 4. The predicted octanol–water partition coefficient (Wildman–Crippen LogP) is 2.20. The topological polar surface area (TPSA) is 76.7 Å². The van der Waals surface area contributed by atoms with Crippen LogP contribution >= 0.6 is 0 Å². The van der Waals surface area contributed by atoms with Crippen molar-refractivity contribution in [2.75, 3.05) is 11.9 Å². The Morgan fingerprint density at radius 3 is 2.53 bits per heavy atom. The highest BCUT2D eigenvalue weighted by atomic mass is 15.2. The van der Waals surface area contributed by atoms with Gasteiger partial charge in [-0.15, -0.1) is 10.2 Å². The van der Waals surface area contributed by atoms with Gasteiger partial charge in [-0.1, -0.05) is 32.9 Å². The third-order valence-corrected chi connectivity index (χ3v) is 2.76. The summed E-state index contributed by atoms with van der Waals surface area (Å²) in [7, 11) is 0. The summed E-state index contributed by atoms with van der Waals surface area (Å²) in [4.78, 5) is 4.40. The van der Waals surface area contributed by atoms with Crippen molar-refractivity contribution in [3.8, 4) is 0 Å². The lowest BCUT2D eigenvalue weighted by atomic mass is 9.88. The van der Waals surface area contributed by atoms with Gasteiger partial charge in [0.1, 0.15) is 5.52 Å². The first-order valence-electron chi connectivity index (χ1n) is 6.53. The third kappa shape index (κ3) is 4.13. The summed E-state index contributed by atoms with van der Waals surface area (Å²) in [5.41, 5.74) is 7.94. The normalized spacial score (nSPS) is 13.5. The van der Waals surface area contributed by atoms with E-state index in [2.05, 4.69) is 41.3 Å². The number of para-hydroxylation sites is 1. The summed E-state index contributed by atoms with van der Waals surface area (Å²) in [6, 6.07) is 7.75. The van der Waals surface area contributed by atoms with Crippen molar-refractivity contribution in [2.45, 2.75) is 33.2 Å². The van der Waals surface area contributed by atoms with Gasteiger partial charge >= 0.3 is 0 Å². The monoisotopic (exact) mass is 259 g/mol. The maximum atomic E-state index is 6.08. The Balaban J connectivity index is 1.98. The Kier molecular flexibility index (Phi) is 3.95. The summed E-state index contributed by atoms with van der Waals surface area (Å²) in [6.45, 7) is 7.19. The van der Waals surface area contributed by atoms with E-state index in [0.717, 1.165) is 17.5 Å². The number of hydrogen-bond donors (Lipinski definition) is 2. The predicted molar refractivity (Wildman–Crippen MR) is 77.9 cm³/mol. The average Bonchev–Trinajstić information content (AvgIpc) is 2.34. The molecule has 1 unspecified atom stereocenters. The van der Waals surface area contributed by atoms with Gasteiger partial charge in [-0.3, -0.25) is 0 Å². The van der Waals surface area contributed by atoms with E-state index < -0.39 is 0 Å². The van der Waals surface area contributed by atoms with E-state index in [9.17, 15) is 0 Å². The first-order valence-corrected chi connectivity index (χ1v) is 6.53. The van der Waals surface area contributed by atoms with Crippen LogP contribution in [0.4, 0.5) is 5.95 Å². The van der Waals surface area contributed by atoms with Crippen molar-refractivity contribution >= 4 is 17.0 Å². The highest BCUT2D eigenvalue weighted by molar-refractivity contribution is 5.73. The molecule has 0 spiro atoms. The summed E-state index contributed by atoms with van der Waals surface area (Å²) in [5.74, 6) is 0.531. The molecule has 1 aromatic heterocycles. The Morgan fingerprint density at radius 2 is 1.84 bits per heavy atom. The minimum absolute atomic E-state index is 0.0788. The number of benzene rings is 1. The number of hydrogen-bond acceptors (Lipinski definition) is 5. The molecular formula is C14H21N5. The van der Waals surface area contributed by atoms with Gasteiger partial charge in [-0.05, 0) is 24.0 Å². The van der Waals surface area contributed by atoms with Crippen LogP contribution in [0.25, 0.3) is 11.0 Å². The van der Waals surface area contributed by atoms with Gasteiger partial charge in [-0.2, -0.15) is 0 Å². The molecule has 5 heteroatoms.